The summed E-state index contributed by atoms with van der Waals surface area (Å²) in [7, 11) is 0. The van der Waals surface area contributed by atoms with E-state index < -0.39 is 0 Å². The Labute approximate surface area is 155 Å². The van der Waals surface area contributed by atoms with Gasteiger partial charge in [0.1, 0.15) is 6.54 Å². The molecule has 2 aromatic carbocycles. The van der Waals surface area contributed by atoms with Crippen LogP contribution in [-0.4, -0.2) is 29.2 Å². The van der Waals surface area contributed by atoms with E-state index in [2.05, 4.69) is 76.7 Å². The Balaban J connectivity index is 1.36. The second-order valence-corrected chi connectivity index (χ2v) is 7.44. The third kappa shape index (κ3) is 3.98. The van der Waals surface area contributed by atoms with Crippen LogP contribution in [0.2, 0.25) is 0 Å². The normalized spacial score (nSPS) is 16.8. The smallest absolute Gasteiger partial charge is 0.123 e. The van der Waals surface area contributed by atoms with Crippen molar-refractivity contribution in [2.75, 3.05) is 19.6 Å². The minimum absolute atomic E-state index is 0.927. The Hall–Kier alpha value is -2.14. The van der Waals surface area contributed by atoms with Gasteiger partial charge < -0.3 is 4.98 Å². The van der Waals surface area contributed by atoms with Crippen molar-refractivity contribution >= 4 is 10.9 Å². The van der Waals surface area contributed by atoms with Gasteiger partial charge in [-0.25, -0.2) is 10.0 Å². The first-order valence-corrected chi connectivity index (χ1v) is 9.80. The van der Waals surface area contributed by atoms with Crippen molar-refractivity contribution in [1.82, 2.24) is 15.9 Å². The molecule has 0 saturated carbocycles. The van der Waals surface area contributed by atoms with Crippen molar-refractivity contribution in [1.29, 1.82) is 0 Å². The van der Waals surface area contributed by atoms with Crippen molar-refractivity contribution < 1.29 is 4.59 Å². The van der Waals surface area contributed by atoms with Gasteiger partial charge in [0, 0.05) is 29.2 Å². The Morgan fingerprint density at radius 2 is 1.65 bits per heavy atom. The summed E-state index contributed by atoms with van der Waals surface area (Å²) in [6.07, 6.45) is 7.10. The van der Waals surface area contributed by atoms with Gasteiger partial charge in [0.15, 0.2) is 0 Å². The van der Waals surface area contributed by atoms with Gasteiger partial charge in [-0.15, -0.1) is 0 Å². The van der Waals surface area contributed by atoms with Gasteiger partial charge in [0.05, 0.1) is 13.1 Å². The van der Waals surface area contributed by atoms with E-state index in [-0.39, 0.29) is 0 Å². The second-order valence-electron chi connectivity index (χ2n) is 7.44. The van der Waals surface area contributed by atoms with Crippen LogP contribution >= 0.6 is 0 Å². The summed E-state index contributed by atoms with van der Waals surface area (Å²) in [5.41, 5.74) is 11.2. The number of piperidine rings is 1. The zero-order chi connectivity index (χ0) is 17.7. The van der Waals surface area contributed by atoms with Crippen LogP contribution in [0.25, 0.3) is 10.9 Å². The fourth-order valence-electron chi connectivity index (χ4n) is 4.12. The van der Waals surface area contributed by atoms with E-state index in [0.29, 0.717) is 0 Å². The molecule has 1 saturated heterocycles. The SMILES string of the molecule is c1ccc(C[N+]2(NNCCc3c[nH]c4ccccc34)CCCCC2)cc1. The number of rotatable bonds is 7. The van der Waals surface area contributed by atoms with Gasteiger partial charge in [-0.2, -0.15) is 0 Å². The molecule has 4 heteroatoms. The quantitative estimate of drug-likeness (QED) is 0.344. The van der Waals surface area contributed by atoms with Crippen molar-refractivity contribution in [3.05, 3.63) is 71.9 Å². The van der Waals surface area contributed by atoms with Crippen LogP contribution in [0.1, 0.15) is 30.4 Å². The van der Waals surface area contributed by atoms with Gasteiger partial charge in [-0.1, -0.05) is 54.1 Å². The highest BCUT2D eigenvalue weighted by Gasteiger charge is 2.30. The monoisotopic (exact) mass is 349 g/mol. The molecule has 0 radical (unpaired) electrons. The standard InChI is InChI=1S/C22H29N4/c1-3-9-19(10-4-1)18-26(15-7-2-8-16-26)25-24-14-13-20-17-23-22-12-6-5-11-21(20)22/h1,3-6,9-12,17,23-25H,2,7-8,13-16,18H2/q+1. The maximum atomic E-state index is 3.67. The number of nitrogens with one attached hydrogen (secondary N) is 3. The van der Waals surface area contributed by atoms with Gasteiger partial charge in [0.2, 0.25) is 0 Å². The number of benzene rings is 2. The lowest BCUT2D eigenvalue weighted by atomic mass is 10.1. The molecule has 4 rings (SSSR count). The minimum atomic E-state index is 0.927. The third-order valence-electron chi connectivity index (χ3n) is 5.51. The predicted molar refractivity (Wildman–Crippen MR) is 107 cm³/mol. The molecule has 0 unspecified atom stereocenters. The molecular weight excluding hydrogens is 320 g/mol. The van der Waals surface area contributed by atoms with Crippen molar-refractivity contribution in [3.63, 3.8) is 0 Å². The maximum absolute atomic E-state index is 3.67. The largest absolute Gasteiger partial charge is 0.361 e. The van der Waals surface area contributed by atoms with E-state index in [1.54, 1.807) is 0 Å². The van der Waals surface area contributed by atoms with Crippen molar-refractivity contribution in [3.8, 4) is 0 Å². The number of likely N-dealkylation sites (tertiary alicyclic amines) is 1. The molecule has 4 nitrogen and oxygen atoms in total. The highest BCUT2D eigenvalue weighted by molar-refractivity contribution is 5.83. The average Bonchev–Trinajstić information content (AvgIpc) is 3.10. The van der Waals surface area contributed by atoms with Crippen LogP contribution < -0.4 is 11.0 Å². The highest BCUT2D eigenvalue weighted by Crippen LogP contribution is 2.20. The molecule has 2 heterocycles. The zero-order valence-corrected chi connectivity index (χ0v) is 15.4. The van der Waals surface area contributed by atoms with E-state index in [0.717, 1.165) is 24.1 Å². The summed E-state index contributed by atoms with van der Waals surface area (Å²) < 4.78 is 0.942. The van der Waals surface area contributed by atoms with Crippen LogP contribution in [0.5, 0.6) is 0 Å². The summed E-state index contributed by atoms with van der Waals surface area (Å²) in [5, 5.41) is 1.33. The zero-order valence-electron chi connectivity index (χ0n) is 15.4. The first-order valence-electron chi connectivity index (χ1n) is 9.80. The Bertz CT molecular complexity index is 818. The van der Waals surface area contributed by atoms with Crippen LogP contribution in [-0.2, 0) is 13.0 Å². The molecule has 26 heavy (non-hydrogen) atoms. The number of fused-ring (bicyclic) bond motifs is 1. The Morgan fingerprint density at radius 1 is 0.885 bits per heavy atom. The molecule has 1 fully saturated rings. The van der Waals surface area contributed by atoms with Gasteiger partial charge in [-0.3, -0.25) is 0 Å². The molecule has 0 spiro atoms. The molecule has 1 aliphatic heterocycles. The fraction of sp³-hybridized carbons (Fsp3) is 0.364. The molecule has 0 aliphatic carbocycles. The maximum Gasteiger partial charge on any atom is 0.123 e. The highest BCUT2D eigenvalue weighted by atomic mass is 15.8. The molecule has 1 aromatic heterocycles. The van der Waals surface area contributed by atoms with Crippen molar-refractivity contribution in [2.45, 2.75) is 32.2 Å². The molecular formula is C22H29N4+. The summed E-state index contributed by atoms with van der Waals surface area (Å²) >= 11 is 0. The number of aromatic nitrogens is 1. The number of H-pyrrole nitrogens is 1. The molecule has 3 aromatic rings. The van der Waals surface area contributed by atoms with E-state index >= 15 is 0 Å². The summed E-state index contributed by atoms with van der Waals surface area (Å²) in [4.78, 5) is 3.37. The first-order chi connectivity index (χ1) is 12.8. The Morgan fingerprint density at radius 3 is 2.50 bits per heavy atom. The van der Waals surface area contributed by atoms with E-state index in [1.807, 2.05) is 0 Å². The number of aromatic amines is 1. The van der Waals surface area contributed by atoms with E-state index in [9.17, 15) is 0 Å². The van der Waals surface area contributed by atoms with E-state index in [1.165, 1.54) is 54.4 Å². The third-order valence-corrected chi connectivity index (χ3v) is 5.51. The topological polar surface area (TPSA) is 39.8 Å². The predicted octanol–water partition coefficient (Wildman–Crippen LogP) is 3.92. The summed E-state index contributed by atoms with van der Waals surface area (Å²) in [6, 6.07) is 19.4. The van der Waals surface area contributed by atoms with Crippen LogP contribution in [0.15, 0.2) is 60.8 Å². The lowest BCUT2D eigenvalue weighted by Gasteiger charge is -2.40. The van der Waals surface area contributed by atoms with Gasteiger partial charge >= 0.3 is 0 Å². The summed E-state index contributed by atoms with van der Waals surface area (Å²) in [5.74, 6) is 0. The van der Waals surface area contributed by atoms with Crippen LogP contribution in [0.4, 0.5) is 0 Å². The summed E-state index contributed by atoms with van der Waals surface area (Å²) in [6.45, 7) is 4.35. The lowest BCUT2D eigenvalue weighted by molar-refractivity contribution is -0.990. The number of hydrazine groups is 1. The molecule has 3 N–H and O–H groups in total. The number of hydrogen-bond acceptors (Lipinski definition) is 2. The van der Waals surface area contributed by atoms with E-state index in [4.69, 9.17) is 0 Å². The average molecular weight is 350 g/mol. The van der Waals surface area contributed by atoms with Gasteiger partial charge in [0.25, 0.3) is 0 Å². The van der Waals surface area contributed by atoms with Crippen LogP contribution in [0, 0.1) is 0 Å². The number of nitrogens with zero attached hydrogens (tertiary/aromatic N) is 1. The molecule has 1 aliphatic rings. The molecule has 0 bridgehead atoms. The molecule has 0 atom stereocenters. The second kappa shape index (κ2) is 8.04. The van der Waals surface area contributed by atoms with Crippen LogP contribution in [0.3, 0.4) is 0 Å². The molecule has 0 amide bonds. The fourth-order valence-corrected chi connectivity index (χ4v) is 4.12. The van der Waals surface area contributed by atoms with Crippen molar-refractivity contribution in [2.24, 2.45) is 0 Å². The molecule has 136 valence electrons. The lowest BCUT2D eigenvalue weighted by Crippen LogP contribution is -2.64. The Kier molecular flexibility index (Phi) is 5.34. The number of para-hydroxylation sites is 1. The first kappa shape index (κ1) is 17.3. The number of quaternary nitrogens is 1. The van der Waals surface area contributed by atoms with Gasteiger partial charge in [-0.05, 0) is 37.3 Å². The number of hydrogen-bond donors (Lipinski definition) is 3. The minimum Gasteiger partial charge on any atom is -0.361 e.